The first-order valence-electron chi connectivity index (χ1n) is 7.28. The van der Waals surface area contributed by atoms with Gasteiger partial charge in [0.05, 0.1) is 18.1 Å². The number of halogens is 1. The smallest absolute Gasteiger partial charge is 0.276 e. The van der Waals surface area contributed by atoms with Gasteiger partial charge in [0.15, 0.2) is 5.82 Å². The second-order valence-electron chi connectivity index (χ2n) is 5.85. The molecule has 2 heterocycles. The Bertz CT molecular complexity index is 867. The van der Waals surface area contributed by atoms with Gasteiger partial charge >= 0.3 is 0 Å². The third-order valence-corrected chi connectivity index (χ3v) is 3.44. The number of imidazole rings is 1. The molecule has 1 N–H and O–H groups in total. The molecular formula is C16H16FN5O2. The molecule has 0 saturated carbocycles. The number of hydrogen-bond acceptors (Lipinski definition) is 5. The number of nitrogens with zero attached hydrogens (tertiary/aromatic N) is 4. The molecule has 8 heteroatoms. The lowest BCUT2D eigenvalue weighted by Gasteiger charge is -2.20. The summed E-state index contributed by atoms with van der Waals surface area (Å²) in [5.41, 5.74) is 0.512. The Morgan fingerprint density at radius 3 is 2.67 bits per heavy atom. The van der Waals surface area contributed by atoms with Crippen LogP contribution in [0.5, 0.6) is 0 Å². The van der Waals surface area contributed by atoms with Crippen LogP contribution in [0.4, 0.5) is 4.39 Å². The minimum Gasteiger partial charge on any atom is -0.344 e. The molecule has 0 spiro atoms. The zero-order valence-electron chi connectivity index (χ0n) is 13.4. The van der Waals surface area contributed by atoms with E-state index in [-0.39, 0.29) is 17.6 Å². The van der Waals surface area contributed by atoms with Crippen LogP contribution in [0, 0.1) is 5.82 Å². The van der Waals surface area contributed by atoms with Gasteiger partial charge in [-0.3, -0.25) is 9.36 Å². The molecule has 24 heavy (non-hydrogen) atoms. The Morgan fingerprint density at radius 1 is 1.29 bits per heavy atom. The van der Waals surface area contributed by atoms with Crippen molar-refractivity contribution in [3.05, 3.63) is 48.4 Å². The predicted octanol–water partition coefficient (Wildman–Crippen LogP) is 2.43. The largest absolute Gasteiger partial charge is 0.344 e. The first kappa shape index (κ1) is 15.9. The highest BCUT2D eigenvalue weighted by Gasteiger charge is 2.28. The molecule has 7 nitrogen and oxygen atoms in total. The summed E-state index contributed by atoms with van der Waals surface area (Å²) in [5, 5.41) is 6.70. The molecule has 1 amide bonds. The summed E-state index contributed by atoms with van der Waals surface area (Å²) in [6.07, 6.45) is 3.15. The Hall–Kier alpha value is -3.03. The lowest BCUT2D eigenvalue weighted by molar-refractivity contribution is -0.120. The summed E-state index contributed by atoms with van der Waals surface area (Å²) in [4.78, 5) is 19.7. The Kier molecular flexibility index (Phi) is 3.88. The van der Waals surface area contributed by atoms with Gasteiger partial charge in [-0.1, -0.05) is 5.16 Å². The number of carbonyl (C=O) groups excluding carboxylic acids is 1. The van der Waals surface area contributed by atoms with Crippen LogP contribution in [0.2, 0.25) is 0 Å². The van der Waals surface area contributed by atoms with Crippen LogP contribution in [0.25, 0.3) is 17.3 Å². The number of benzene rings is 1. The molecule has 0 fully saturated rings. The van der Waals surface area contributed by atoms with Crippen molar-refractivity contribution < 1.29 is 13.7 Å². The number of aromatic nitrogens is 4. The van der Waals surface area contributed by atoms with E-state index in [2.05, 4.69) is 20.4 Å². The number of rotatable bonds is 4. The van der Waals surface area contributed by atoms with E-state index in [1.807, 2.05) is 0 Å². The second-order valence-corrected chi connectivity index (χ2v) is 5.85. The molecule has 1 aromatic carbocycles. The number of amides is 1. The second kappa shape index (κ2) is 5.88. The van der Waals surface area contributed by atoms with Gasteiger partial charge in [0.25, 0.3) is 5.89 Å². The molecule has 0 radical (unpaired) electrons. The van der Waals surface area contributed by atoms with E-state index >= 15 is 0 Å². The van der Waals surface area contributed by atoms with Crippen LogP contribution < -0.4 is 5.32 Å². The normalized spacial score (nSPS) is 11.5. The van der Waals surface area contributed by atoms with Crippen LogP contribution in [0.15, 0.2) is 41.3 Å². The highest BCUT2D eigenvalue weighted by Crippen LogP contribution is 2.24. The lowest BCUT2D eigenvalue weighted by atomic mass is 10.1. The van der Waals surface area contributed by atoms with E-state index in [1.165, 1.54) is 19.1 Å². The maximum atomic E-state index is 13.1. The van der Waals surface area contributed by atoms with E-state index in [0.717, 1.165) is 0 Å². The molecule has 3 rings (SSSR count). The van der Waals surface area contributed by atoms with Gasteiger partial charge in [-0.05, 0) is 38.1 Å². The van der Waals surface area contributed by atoms with Gasteiger partial charge in [-0.2, -0.15) is 4.98 Å². The van der Waals surface area contributed by atoms with Crippen LogP contribution in [-0.2, 0) is 10.3 Å². The standard InChI is InChI=1S/C16H16FN5O2/c1-10(23)20-16(2,3)15-19-14(24-21-15)13-8-18-9-22(13)12-6-4-11(17)5-7-12/h4-9H,1-3H3,(H,20,23). The molecule has 0 atom stereocenters. The minimum atomic E-state index is -0.770. The van der Waals surface area contributed by atoms with Crippen molar-refractivity contribution in [3.8, 4) is 17.3 Å². The molecule has 0 saturated heterocycles. The SMILES string of the molecule is CC(=O)NC(C)(C)c1noc(-c2cncn2-c2ccc(F)cc2)n1. The first-order valence-corrected chi connectivity index (χ1v) is 7.28. The molecule has 124 valence electrons. The zero-order chi connectivity index (χ0) is 17.3. The topological polar surface area (TPSA) is 85.8 Å². The summed E-state index contributed by atoms with van der Waals surface area (Å²) in [6, 6.07) is 5.97. The fraction of sp³-hybridized carbons (Fsp3) is 0.250. The molecule has 2 aromatic heterocycles. The maximum absolute atomic E-state index is 13.1. The summed E-state index contributed by atoms with van der Waals surface area (Å²) in [5.74, 6) is 0.0880. The van der Waals surface area contributed by atoms with Crippen molar-refractivity contribution in [1.82, 2.24) is 25.0 Å². The van der Waals surface area contributed by atoms with E-state index in [1.54, 1.807) is 43.1 Å². The molecule has 3 aromatic rings. The predicted molar refractivity (Wildman–Crippen MR) is 83.7 cm³/mol. The third kappa shape index (κ3) is 3.03. The number of nitrogens with one attached hydrogen (secondary N) is 1. The van der Waals surface area contributed by atoms with Crippen molar-refractivity contribution >= 4 is 5.91 Å². The number of hydrogen-bond donors (Lipinski definition) is 1. The lowest BCUT2D eigenvalue weighted by Crippen LogP contribution is -2.40. The monoisotopic (exact) mass is 329 g/mol. The fourth-order valence-electron chi connectivity index (χ4n) is 2.34. The van der Waals surface area contributed by atoms with Gasteiger partial charge in [0.1, 0.15) is 11.5 Å². The molecular weight excluding hydrogens is 313 g/mol. The Morgan fingerprint density at radius 2 is 2.00 bits per heavy atom. The highest BCUT2D eigenvalue weighted by atomic mass is 19.1. The van der Waals surface area contributed by atoms with Gasteiger partial charge in [-0.15, -0.1) is 0 Å². The van der Waals surface area contributed by atoms with E-state index in [4.69, 9.17) is 4.52 Å². The van der Waals surface area contributed by atoms with Crippen molar-refractivity contribution in [1.29, 1.82) is 0 Å². The minimum absolute atomic E-state index is 0.192. The molecule has 0 bridgehead atoms. The van der Waals surface area contributed by atoms with Crippen molar-refractivity contribution in [3.63, 3.8) is 0 Å². The Balaban J connectivity index is 1.96. The molecule has 0 aliphatic carbocycles. The van der Waals surface area contributed by atoms with Gasteiger partial charge in [0, 0.05) is 12.6 Å². The third-order valence-electron chi connectivity index (χ3n) is 3.44. The molecule has 0 aliphatic heterocycles. The van der Waals surface area contributed by atoms with Gasteiger partial charge < -0.3 is 9.84 Å². The summed E-state index contributed by atoms with van der Waals surface area (Å²) in [6.45, 7) is 4.98. The van der Waals surface area contributed by atoms with Crippen LogP contribution in [-0.4, -0.2) is 25.6 Å². The van der Waals surface area contributed by atoms with Crippen LogP contribution >= 0.6 is 0 Å². The average molecular weight is 329 g/mol. The van der Waals surface area contributed by atoms with Crippen molar-refractivity contribution in [2.75, 3.05) is 0 Å². The zero-order valence-corrected chi connectivity index (χ0v) is 13.4. The van der Waals surface area contributed by atoms with Crippen LogP contribution in [0.1, 0.15) is 26.6 Å². The highest BCUT2D eigenvalue weighted by molar-refractivity contribution is 5.73. The quantitative estimate of drug-likeness (QED) is 0.794. The summed E-state index contributed by atoms with van der Waals surface area (Å²) < 4.78 is 20.1. The molecule has 0 unspecified atom stereocenters. The summed E-state index contributed by atoms with van der Waals surface area (Å²) >= 11 is 0. The van der Waals surface area contributed by atoms with Crippen molar-refractivity contribution in [2.24, 2.45) is 0 Å². The van der Waals surface area contributed by atoms with E-state index < -0.39 is 5.54 Å². The van der Waals surface area contributed by atoms with Gasteiger partial charge in [-0.25, -0.2) is 9.37 Å². The Labute approximate surface area is 137 Å². The number of carbonyl (C=O) groups is 1. The fourth-order valence-corrected chi connectivity index (χ4v) is 2.34. The average Bonchev–Trinajstić information content (AvgIpc) is 3.16. The van der Waals surface area contributed by atoms with Crippen LogP contribution in [0.3, 0.4) is 0 Å². The first-order chi connectivity index (χ1) is 11.4. The maximum Gasteiger partial charge on any atom is 0.276 e. The van der Waals surface area contributed by atoms with E-state index in [0.29, 0.717) is 17.2 Å². The van der Waals surface area contributed by atoms with Crippen molar-refractivity contribution in [2.45, 2.75) is 26.3 Å². The van der Waals surface area contributed by atoms with E-state index in [9.17, 15) is 9.18 Å². The summed E-state index contributed by atoms with van der Waals surface area (Å²) in [7, 11) is 0. The molecule has 0 aliphatic rings. The van der Waals surface area contributed by atoms with Gasteiger partial charge in [0.2, 0.25) is 5.91 Å².